The number of hydrogen-bond donors (Lipinski definition) is 0. The minimum absolute atomic E-state index is 0.111. The maximum Gasteiger partial charge on any atom is 0.200 e. The minimum atomic E-state index is -2.20. The van der Waals surface area contributed by atoms with Crippen LogP contribution in [-0.4, -0.2) is 7.05 Å². The lowest BCUT2D eigenvalue weighted by atomic mass is 9.71. The van der Waals surface area contributed by atoms with Crippen LogP contribution in [0.5, 0.6) is 11.5 Å². The monoisotopic (exact) mass is 747 g/mol. The molecule has 0 fully saturated rings. The second-order valence-corrected chi connectivity index (χ2v) is 17.3. The van der Waals surface area contributed by atoms with Gasteiger partial charge >= 0.3 is 0 Å². The molecule has 5 aromatic carbocycles. The molecule has 0 atom stereocenters. The molecule has 53 heavy (non-hydrogen) atoms. The smallest absolute Gasteiger partial charge is 0.200 e. The van der Waals surface area contributed by atoms with Gasteiger partial charge in [-0.05, 0) is 72.7 Å². The van der Waals surface area contributed by atoms with Crippen molar-refractivity contribution in [1.82, 2.24) is 0 Å². The number of ether oxygens (including phenoxy) is 1. The molecule has 0 spiro atoms. The average molecular weight is 748 g/mol. The maximum atomic E-state index is 16.1. The van der Waals surface area contributed by atoms with Crippen LogP contribution in [0.3, 0.4) is 0 Å². The summed E-state index contributed by atoms with van der Waals surface area (Å²) in [6, 6.07) is 23.6. The van der Waals surface area contributed by atoms with E-state index in [2.05, 4.69) is 63.8 Å². The van der Waals surface area contributed by atoms with Crippen LogP contribution < -0.4 is 20.1 Å². The molecule has 0 bridgehead atoms. The van der Waals surface area contributed by atoms with Crippen LogP contribution in [0.2, 0.25) is 0 Å². The Morgan fingerprint density at radius 3 is 1.81 bits per heavy atom. The van der Waals surface area contributed by atoms with Crippen molar-refractivity contribution in [2.75, 3.05) is 11.9 Å². The van der Waals surface area contributed by atoms with E-state index in [1.807, 2.05) is 49.5 Å². The molecule has 2 aliphatic heterocycles. The Hall–Kier alpha value is -4.99. The summed E-state index contributed by atoms with van der Waals surface area (Å²) >= 11 is 3.23. The van der Waals surface area contributed by atoms with Gasteiger partial charge in [0.1, 0.15) is 11.5 Å². The van der Waals surface area contributed by atoms with Crippen LogP contribution in [0, 0.1) is 29.1 Å². The van der Waals surface area contributed by atoms with Crippen LogP contribution in [0.15, 0.2) is 72.8 Å². The van der Waals surface area contributed by atoms with Crippen molar-refractivity contribution in [3.05, 3.63) is 135 Å². The highest BCUT2D eigenvalue weighted by atomic mass is 32.1. The zero-order valence-corrected chi connectivity index (χ0v) is 31.1. The summed E-state index contributed by atoms with van der Waals surface area (Å²) < 4.78 is 86.1. The molecule has 3 aliphatic rings. The Bertz CT molecular complexity index is 2940. The van der Waals surface area contributed by atoms with Gasteiger partial charge in [-0.1, -0.05) is 55.8 Å². The molecule has 4 heterocycles. The Kier molecular flexibility index (Phi) is 6.51. The van der Waals surface area contributed by atoms with Crippen LogP contribution in [0.4, 0.5) is 27.6 Å². The fourth-order valence-corrected chi connectivity index (χ4v) is 11.5. The summed E-state index contributed by atoms with van der Waals surface area (Å²) in [5, 5.41) is 3.36. The van der Waals surface area contributed by atoms with Crippen molar-refractivity contribution in [3.63, 3.8) is 0 Å². The molecule has 0 unspecified atom stereocenters. The van der Waals surface area contributed by atoms with Crippen molar-refractivity contribution >= 4 is 59.7 Å². The van der Waals surface area contributed by atoms with Crippen molar-refractivity contribution in [2.24, 2.45) is 0 Å². The van der Waals surface area contributed by atoms with Gasteiger partial charge in [0.2, 0.25) is 5.82 Å². The van der Waals surface area contributed by atoms with E-state index in [4.69, 9.17) is 4.74 Å². The molecule has 10 rings (SSSR count). The zero-order valence-electron chi connectivity index (χ0n) is 29.5. The molecule has 2 aromatic heterocycles. The topological polar surface area (TPSA) is 12.5 Å². The van der Waals surface area contributed by atoms with Crippen LogP contribution in [0.25, 0.3) is 52.2 Å². The molecule has 1 aliphatic carbocycles. The lowest BCUT2D eigenvalue weighted by Gasteiger charge is -2.43. The van der Waals surface area contributed by atoms with E-state index in [9.17, 15) is 4.39 Å². The van der Waals surface area contributed by atoms with Gasteiger partial charge in [-0.2, -0.15) is 0 Å². The zero-order chi connectivity index (χ0) is 37.0. The third-order valence-corrected chi connectivity index (χ3v) is 14.3. The van der Waals surface area contributed by atoms with Crippen molar-refractivity contribution in [2.45, 2.75) is 45.6 Å². The van der Waals surface area contributed by atoms with E-state index in [0.717, 1.165) is 68.7 Å². The highest BCUT2D eigenvalue weighted by molar-refractivity contribution is 7.23. The van der Waals surface area contributed by atoms with Gasteiger partial charge in [-0.15, -0.1) is 22.7 Å². The average Bonchev–Trinajstić information content (AvgIpc) is 3.74. The molecular formula is C44H30F5NOS2. The second kappa shape index (κ2) is 10.6. The molecule has 264 valence electrons. The molecule has 0 amide bonds. The number of thiophene rings is 2. The lowest BCUT2D eigenvalue weighted by molar-refractivity contribution is 0.376. The number of rotatable bonds is 1. The van der Waals surface area contributed by atoms with Gasteiger partial charge in [-0.3, -0.25) is 0 Å². The van der Waals surface area contributed by atoms with E-state index >= 15 is 17.6 Å². The number of anilines is 1. The number of benzene rings is 5. The SMILES string of the molecule is CC1=c2cc3c(cc2-c2sc4ccccc4c2C1(C)C)=C(c1c(F)c(F)c(F)c(F)c1F)c1cc2c(cc1O3)N(C)C(C)(C)c1c-2sc2ccccc12. The normalized spacial score (nSPS) is 16.2. The number of halogens is 5. The van der Waals surface area contributed by atoms with Crippen molar-refractivity contribution in [1.29, 1.82) is 0 Å². The summed E-state index contributed by atoms with van der Waals surface area (Å²) in [6.07, 6.45) is 0. The second-order valence-electron chi connectivity index (χ2n) is 15.2. The molecule has 9 heteroatoms. The van der Waals surface area contributed by atoms with E-state index in [1.165, 1.54) is 0 Å². The van der Waals surface area contributed by atoms with Crippen molar-refractivity contribution in [3.8, 4) is 32.4 Å². The van der Waals surface area contributed by atoms with Crippen molar-refractivity contribution < 1.29 is 26.7 Å². The van der Waals surface area contributed by atoms with Crippen LogP contribution in [-0.2, 0) is 11.0 Å². The fraction of sp³-hybridized carbons (Fsp3) is 0.182. The third kappa shape index (κ3) is 4.07. The predicted octanol–water partition coefficient (Wildman–Crippen LogP) is 11.6. The number of nitrogens with zero attached hydrogens (tertiary/aromatic N) is 1. The quantitative estimate of drug-likeness (QED) is 0.0942. The summed E-state index contributed by atoms with van der Waals surface area (Å²) in [5.74, 6) is -9.44. The molecule has 0 radical (unpaired) electrons. The first-order valence-electron chi connectivity index (χ1n) is 17.3. The molecule has 7 aromatic rings. The van der Waals surface area contributed by atoms with Gasteiger partial charge in [0.25, 0.3) is 0 Å². The van der Waals surface area contributed by atoms with Crippen LogP contribution in [0.1, 0.15) is 56.9 Å². The summed E-state index contributed by atoms with van der Waals surface area (Å²) in [5.41, 5.74) is 4.06. The minimum Gasteiger partial charge on any atom is -0.456 e. The highest BCUT2D eigenvalue weighted by Crippen LogP contribution is 2.56. The van der Waals surface area contributed by atoms with Gasteiger partial charge in [0, 0.05) is 76.4 Å². The van der Waals surface area contributed by atoms with E-state index < -0.39 is 40.2 Å². The third-order valence-electron chi connectivity index (χ3n) is 11.9. The Morgan fingerprint density at radius 1 is 0.604 bits per heavy atom. The standard InChI is InChI=1S/C44H30F5NOS2/c1-19-22-17-28-25(15-23(22)41-34(43(19,2)3)20-11-7-9-13-30(20)52-41)32(33-36(45)38(47)40(49)39(48)37(33)46)26-16-24-27(18-29(26)51-28)50(6)44(4,5)35-21-12-8-10-14-31(21)53-42(24)35/h7-18H,1-6H3. The fourth-order valence-electron chi connectivity index (χ4n) is 8.71. The number of hydrogen-bond acceptors (Lipinski definition) is 4. The molecular weight excluding hydrogens is 718 g/mol. The largest absolute Gasteiger partial charge is 0.456 e. The summed E-state index contributed by atoms with van der Waals surface area (Å²) in [4.78, 5) is 4.12. The summed E-state index contributed by atoms with van der Waals surface area (Å²) in [7, 11) is 1.99. The van der Waals surface area contributed by atoms with Gasteiger partial charge < -0.3 is 9.64 Å². The van der Waals surface area contributed by atoms with Gasteiger partial charge in [-0.25, -0.2) is 22.0 Å². The number of fused-ring (bicyclic) bond motifs is 12. The predicted molar refractivity (Wildman–Crippen MR) is 205 cm³/mol. The Labute approximate surface area is 309 Å². The van der Waals surface area contributed by atoms with Gasteiger partial charge in [0.15, 0.2) is 23.3 Å². The maximum absolute atomic E-state index is 16.1. The van der Waals surface area contributed by atoms with Gasteiger partial charge in [0.05, 0.1) is 11.1 Å². The van der Waals surface area contributed by atoms with E-state index in [1.54, 1.807) is 28.7 Å². The Balaban J connectivity index is 1.37. The highest BCUT2D eigenvalue weighted by Gasteiger charge is 2.41. The first-order valence-corrected chi connectivity index (χ1v) is 18.9. The molecule has 2 nitrogen and oxygen atoms in total. The van der Waals surface area contributed by atoms with E-state index in [-0.39, 0.29) is 33.3 Å². The summed E-state index contributed by atoms with van der Waals surface area (Å²) in [6.45, 7) is 10.7. The molecule has 0 saturated carbocycles. The molecule has 0 saturated heterocycles. The first-order chi connectivity index (χ1) is 25.2. The van der Waals surface area contributed by atoms with E-state index in [0.29, 0.717) is 0 Å². The Morgan fingerprint density at radius 2 is 1.17 bits per heavy atom. The van der Waals surface area contributed by atoms with Crippen LogP contribution >= 0.6 is 22.7 Å². The lowest BCUT2D eigenvalue weighted by Crippen LogP contribution is -2.41. The first kappa shape index (κ1) is 32.6. The molecule has 0 N–H and O–H groups in total.